The van der Waals surface area contributed by atoms with E-state index in [1.165, 1.54) is 18.4 Å². The first-order chi connectivity index (χ1) is 13.6. The lowest BCUT2D eigenvalue weighted by Gasteiger charge is -2.19. The third-order valence-corrected chi connectivity index (χ3v) is 5.47. The Kier molecular flexibility index (Phi) is 9.71. The number of carbonyl (C=O) groups excluding carboxylic acids is 3. The lowest BCUT2D eigenvalue weighted by atomic mass is 9.97. The number of amides is 4. The van der Waals surface area contributed by atoms with Gasteiger partial charge < -0.3 is 10.6 Å². The number of hydrogen-bond acceptors (Lipinski definition) is 5. The van der Waals surface area contributed by atoms with Gasteiger partial charge in [-0.15, -0.1) is 11.3 Å². The molecule has 1 heterocycles. The summed E-state index contributed by atoms with van der Waals surface area (Å²) in [5, 5.41) is 9.85. The van der Waals surface area contributed by atoms with Gasteiger partial charge in [0.25, 0.3) is 0 Å². The second-order valence-electron chi connectivity index (χ2n) is 6.82. The van der Waals surface area contributed by atoms with E-state index in [4.69, 9.17) is 0 Å². The Hall–Kier alpha value is -2.19. The molecule has 4 amide bonds. The molecule has 0 radical (unpaired) electrons. The van der Waals surface area contributed by atoms with Gasteiger partial charge in [-0.05, 0) is 50.1 Å². The van der Waals surface area contributed by atoms with Crippen molar-refractivity contribution < 1.29 is 14.4 Å². The van der Waals surface area contributed by atoms with E-state index in [0.717, 1.165) is 24.1 Å². The van der Waals surface area contributed by atoms with Crippen LogP contribution in [0.3, 0.4) is 0 Å². The molecule has 154 valence electrons. The van der Waals surface area contributed by atoms with Crippen molar-refractivity contribution in [3.05, 3.63) is 34.0 Å². The quantitative estimate of drug-likeness (QED) is 0.521. The molecule has 0 saturated carbocycles. The molecule has 2 rings (SSSR count). The van der Waals surface area contributed by atoms with Crippen LogP contribution in [0.2, 0.25) is 0 Å². The molecule has 0 spiro atoms. The van der Waals surface area contributed by atoms with E-state index in [1.54, 1.807) is 16.2 Å². The first-order valence-electron chi connectivity index (χ1n) is 9.84. The Morgan fingerprint density at radius 3 is 2.64 bits per heavy atom. The lowest BCUT2D eigenvalue weighted by Crippen LogP contribution is -2.46. The second-order valence-corrected chi connectivity index (χ2v) is 7.85. The maximum absolute atomic E-state index is 12.1. The van der Waals surface area contributed by atoms with Gasteiger partial charge in [-0.2, -0.15) is 0 Å². The van der Waals surface area contributed by atoms with E-state index in [-0.39, 0.29) is 19.0 Å². The summed E-state index contributed by atoms with van der Waals surface area (Å²) < 4.78 is 0. The minimum atomic E-state index is -0.486. The highest BCUT2D eigenvalue weighted by molar-refractivity contribution is 7.09. The molecule has 0 saturated heterocycles. The number of rotatable bonds is 10. The van der Waals surface area contributed by atoms with E-state index >= 15 is 0 Å². The smallest absolute Gasteiger partial charge is 0.321 e. The monoisotopic (exact) mass is 406 g/mol. The summed E-state index contributed by atoms with van der Waals surface area (Å²) >= 11 is 1.58. The van der Waals surface area contributed by atoms with Crippen LogP contribution in [0.4, 0.5) is 4.79 Å². The number of allylic oxidation sites excluding steroid dienone is 1. The highest BCUT2D eigenvalue weighted by Crippen LogP contribution is 2.19. The van der Waals surface area contributed by atoms with Crippen LogP contribution in [-0.2, 0) is 16.1 Å². The van der Waals surface area contributed by atoms with Crippen LogP contribution in [0.5, 0.6) is 0 Å². The van der Waals surface area contributed by atoms with Crippen LogP contribution < -0.4 is 16.0 Å². The van der Waals surface area contributed by atoms with Gasteiger partial charge in [0, 0.05) is 11.4 Å². The molecule has 0 aliphatic heterocycles. The number of carbonyl (C=O) groups is 3. The molecule has 1 aromatic heterocycles. The number of likely N-dealkylation sites (N-methyl/N-ethyl adjacent to an activating group) is 1. The van der Waals surface area contributed by atoms with Gasteiger partial charge in [0.05, 0.1) is 19.6 Å². The molecule has 1 aliphatic rings. The number of hydrogen-bond donors (Lipinski definition) is 3. The van der Waals surface area contributed by atoms with Crippen molar-refractivity contribution in [2.75, 3.05) is 26.2 Å². The Labute approximate surface area is 170 Å². The van der Waals surface area contributed by atoms with Gasteiger partial charge in [0.1, 0.15) is 0 Å². The first kappa shape index (κ1) is 22.1. The topological polar surface area (TPSA) is 90.5 Å². The third-order valence-electron chi connectivity index (χ3n) is 4.59. The maximum atomic E-state index is 12.1. The summed E-state index contributed by atoms with van der Waals surface area (Å²) in [7, 11) is 0. The fraction of sp³-hybridized carbons (Fsp3) is 0.550. The average Bonchev–Trinajstić information content (AvgIpc) is 3.20. The van der Waals surface area contributed by atoms with Gasteiger partial charge in [0.15, 0.2) is 0 Å². The zero-order chi connectivity index (χ0) is 20.2. The molecular formula is C20H30N4O3S. The number of thiophene rings is 1. The molecule has 0 unspecified atom stereocenters. The van der Waals surface area contributed by atoms with Crippen molar-refractivity contribution in [2.24, 2.45) is 0 Å². The predicted octanol–water partition coefficient (Wildman–Crippen LogP) is 2.40. The largest absolute Gasteiger partial charge is 0.350 e. The molecule has 0 fully saturated rings. The molecule has 0 bridgehead atoms. The maximum Gasteiger partial charge on any atom is 0.321 e. The minimum absolute atomic E-state index is 0.00148. The van der Waals surface area contributed by atoms with E-state index in [2.05, 4.69) is 22.0 Å². The van der Waals surface area contributed by atoms with Gasteiger partial charge in [-0.3, -0.25) is 19.8 Å². The summed E-state index contributed by atoms with van der Waals surface area (Å²) in [4.78, 5) is 38.7. The number of imide groups is 1. The molecular weight excluding hydrogens is 376 g/mol. The van der Waals surface area contributed by atoms with Crippen LogP contribution in [-0.4, -0.2) is 48.9 Å². The van der Waals surface area contributed by atoms with E-state index in [0.29, 0.717) is 19.6 Å². The third kappa shape index (κ3) is 8.67. The number of nitrogens with zero attached hydrogens (tertiary/aromatic N) is 1. The summed E-state index contributed by atoms with van der Waals surface area (Å²) in [5.41, 5.74) is 1.38. The fourth-order valence-electron chi connectivity index (χ4n) is 3.02. The van der Waals surface area contributed by atoms with Crippen LogP contribution in [0.25, 0.3) is 0 Å². The average molecular weight is 407 g/mol. The molecule has 0 aromatic carbocycles. The van der Waals surface area contributed by atoms with Gasteiger partial charge >= 0.3 is 6.03 Å². The first-order valence-corrected chi connectivity index (χ1v) is 10.7. The molecule has 0 atom stereocenters. The van der Waals surface area contributed by atoms with Crippen LogP contribution in [0.15, 0.2) is 29.2 Å². The van der Waals surface area contributed by atoms with Gasteiger partial charge in [-0.1, -0.05) is 24.6 Å². The van der Waals surface area contributed by atoms with Crippen molar-refractivity contribution in [1.82, 2.24) is 20.9 Å². The fourth-order valence-corrected chi connectivity index (χ4v) is 3.66. The van der Waals surface area contributed by atoms with Crippen molar-refractivity contribution >= 4 is 29.2 Å². The predicted molar refractivity (Wildman–Crippen MR) is 111 cm³/mol. The van der Waals surface area contributed by atoms with Crippen LogP contribution in [0.1, 0.15) is 43.9 Å². The number of nitrogens with one attached hydrogen (secondary N) is 3. The van der Waals surface area contributed by atoms with Gasteiger partial charge in [-0.25, -0.2) is 4.79 Å². The molecule has 3 N–H and O–H groups in total. The van der Waals surface area contributed by atoms with Crippen molar-refractivity contribution in [1.29, 1.82) is 0 Å². The normalized spacial score (nSPS) is 13.7. The van der Waals surface area contributed by atoms with Crippen molar-refractivity contribution in [3.8, 4) is 0 Å². The Morgan fingerprint density at radius 1 is 1.14 bits per heavy atom. The minimum Gasteiger partial charge on any atom is -0.350 e. The Bertz CT molecular complexity index is 673. The summed E-state index contributed by atoms with van der Waals surface area (Å²) in [6.45, 7) is 3.53. The van der Waals surface area contributed by atoms with E-state index in [1.807, 2.05) is 24.4 Å². The Morgan fingerprint density at radius 2 is 1.96 bits per heavy atom. The molecule has 28 heavy (non-hydrogen) atoms. The zero-order valence-corrected chi connectivity index (χ0v) is 17.3. The number of urea groups is 1. The van der Waals surface area contributed by atoms with Crippen LogP contribution >= 0.6 is 11.3 Å². The molecule has 1 aromatic rings. The SMILES string of the molecule is CCN(CC(=O)NCc1cccs1)CC(=O)NC(=O)NCCC1=CCCCC1. The van der Waals surface area contributed by atoms with Gasteiger partial charge in [0.2, 0.25) is 11.8 Å². The van der Waals surface area contributed by atoms with Crippen LogP contribution in [0, 0.1) is 0 Å². The lowest BCUT2D eigenvalue weighted by molar-refractivity contribution is -0.124. The molecule has 1 aliphatic carbocycles. The van der Waals surface area contributed by atoms with E-state index < -0.39 is 11.9 Å². The molecule has 8 heteroatoms. The summed E-state index contributed by atoms with van der Waals surface area (Å²) in [6, 6.07) is 3.41. The second kappa shape index (κ2) is 12.3. The zero-order valence-electron chi connectivity index (χ0n) is 16.5. The van der Waals surface area contributed by atoms with Crippen molar-refractivity contribution in [3.63, 3.8) is 0 Å². The van der Waals surface area contributed by atoms with Crippen molar-refractivity contribution in [2.45, 2.75) is 45.6 Å². The summed E-state index contributed by atoms with van der Waals surface area (Å²) in [5.74, 6) is -0.560. The highest BCUT2D eigenvalue weighted by atomic mass is 32.1. The standard InChI is InChI=1S/C20H30N4O3S/c1-2-24(14-18(25)22-13-17-9-6-12-28-17)15-19(26)23-20(27)21-11-10-16-7-4-3-5-8-16/h6-7,9,12H,2-5,8,10-11,13-15H2,1H3,(H,22,25)(H2,21,23,26,27). The Balaban J connectivity index is 1.62. The summed E-state index contributed by atoms with van der Waals surface area (Å²) in [6.07, 6.45) is 7.75. The molecule has 7 nitrogen and oxygen atoms in total. The van der Waals surface area contributed by atoms with E-state index in [9.17, 15) is 14.4 Å². The highest BCUT2D eigenvalue weighted by Gasteiger charge is 2.15.